The summed E-state index contributed by atoms with van der Waals surface area (Å²) in [5.41, 5.74) is 8.45. The normalized spacial score (nSPS) is 11.4. The van der Waals surface area contributed by atoms with Gasteiger partial charge in [-0.15, -0.1) is 34.9 Å². The van der Waals surface area contributed by atoms with Crippen LogP contribution in [0.15, 0.2) is 101 Å². The predicted octanol–water partition coefficient (Wildman–Crippen LogP) is 9.27. The van der Waals surface area contributed by atoms with E-state index in [-0.39, 0.29) is 37.1 Å². The summed E-state index contributed by atoms with van der Waals surface area (Å²) >= 11 is 0. The van der Waals surface area contributed by atoms with E-state index in [9.17, 15) is 4.79 Å². The summed E-state index contributed by atoms with van der Waals surface area (Å²) in [7, 11) is 0. The van der Waals surface area contributed by atoms with Gasteiger partial charge in [0.25, 0.3) is 0 Å². The molecule has 5 aromatic rings. The monoisotopic (exact) mass is 709 g/mol. The number of hydrogen-bond donors (Lipinski definition) is 1. The second kappa shape index (κ2) is 13.0. The minimum absolute atomic E-state index is 0. The van der Waals surface area contributed by atoms with Gasteiger partial charge >= 0.3 is 0 Å². The van der Waals surface area contributed by atoms with Gasteiger partial charge in [0.1, 0.15) is 5.76 Å². The summed E-state index contributed by atoms with van der Waals surface area (Å²) in [5.74, 6) is 0.807. The topological polar surface area (TPSA) is 63.3 Å². The second-order valence-corrected chi connectivity index (χ2v) is 10.7. The minimum atomic E-state index is -0.125. The van der Waals surface area contributed by atoms with E-state index in [1.54, 1.807) is 0 Å². The third-order valence-corrected chi connectivity index (χ3v) is 6.23. The van der Waals surface area contributed by atoms with Gasteiger partial charge in [-0.2, -0.15) is 0 Å². The molecule has 3 aromatic carbocycles. The summed E-state index contributed by atoms with van der Waals surface area (Å²) in [6.07, 6.45) is 3.01. The van der Waals surface area contributed by atoms with Crippen LogP contribution in [0.4, 0.5) is 0 Å². The molecular weight excluding hydrogens is 675 g/mol. The van der Waals surface area contributed by atoms with Crippen molar-refractivity contribution in [1.82, 2.24) is 4.98 Å². The SMILES string of the molecule is CC(=O)/C=C(/C)O.Cc1[c-]c(-c2cc3c(-c4ccccc4)c(-c4ccccc4)oc3cn2)cc(C(C)(C)C)c1.[Ir]. The van der Waals surface area contributed by atoms with Crippen LogP contribution in [0.1, 0.15) is 45.7 Å². The molecule has 0 amide bonds. The van der Waals surface area contributed by atoms with Crippen LogP contribution in [0.5, 0.6) is 0 Å². The van der Waals surface area contributed by atoms with Crippen molar-refractivity contribution < 1.29 is 34.4 Å². The number of carbonyl (C=O) groups excluding carboxylic acids is 1. The molecule has 0 atom stereocenters. The third kappa shape index (κ3) is 7.44. The van der Waals surface area contributed by atoms with E-state index >= 15 is 0 Å². The van der Waals surface area contributed by atoms with E-state index in [2.05, 4.69) is 88.4 Å². The first-order chi connectivity index (χ1) is 18.5. The van der Waals surface area contributed by atoms with Crippen LogP contribution in [0.3, 0.4) is 0 Å². The number of pyridine rings is 1. The molecule has 4 nitrogen and oxygen atoms in total. The molecule has 5 heteroatoms. The van der Waals surface area contributed by atoms with E-state index < -0.39 is 0 Å². The Balaban J connectivity index is 0.000000492. The van der Waals surface area contributed by atoms with Gasteiger partial charge in [0.2, 0.25) is 0 Å². The largest absolute Gasteiger partial charge is 0.512 e. The zero-order chi connectivity index (χ0) is 28.2. The Hall–Kier alpha value is -3.79. The Bertz CT molecular complexity index is 1620. The van der Waals surface area contributed by atoms with Crippen molar-refractivity contribution in [3.8, 4) is 33.7 Å². The zero-order valence-electron chi connectivity index (χ0n) is 23.7. The molecule has 0 spiro atoms. The fourth-order valence-electron chi connectivity index (χ4n) is 4.41. The molecule has 207 valence electrons. The van der Waals surface area contributed by atoms with Crippen molar-refractivity contribution in [3.05, 3.63) is 114 Å². The first-order valence-electron chi connectivity index (χ1n) is 13.0. The fraction of sp³-hybridized carbons (Fsp3) is 0.200. The van der Waals surface area contributed by atoms with E-state index in [0.717, 1.165) is 50.2 Å². The van der Waals surface area contributed by atoms with Crippen LogP contribution in [0.2, 0.25) is 0 Å². The number of rotatable bonds is 4. The Morgan fingerprint density at radius 2 is 1.52 bits per heavy atom. The molecular formula is C35H34IrNO3-. The molecule has 40 heavy (non-hydrogen) atoms. The number of nitrogens with zero attached hydrogens (tertiary/aromatic N) is 1. The molecule has 0 bridgehead atoms. The minimum Gasteiger partial charge on any atom is -0.512 e. The number of hydrogen-bond acceptors (Lipinski definition) is 4. The molecule has 1 N–H and O–H groups in total. The van der Waals surface area contributed by atoms with Gasteiger partial charge in [-0.05, 0) is 30.5 Å². The number of fused-ring (bicyclic) bond motifs is 1. The van der Waals surface area contributed by atoms with Crippen molar-refractivity contribution in [3.63, 3.8) is 0 Å². The Morgan fingerprint density at radius 1 is 0.925 bits per heavy atom. The first kappa shape index (κ1) is 30.7. The van der Waals surface area contributed by atoms with Crippen LogP contribution in [-0.2, 0) is 30.3 Å². The molecule has 0 aliphatic rings. The van der Waals surface area contributed by atoms with E-state index in [1.807, 2.05) is 30.5 Å². The number of benzene rings is 3. The molecule has 0 fully saturated rings. The number of allylic oxidation sites excluding steroid dienone is 2. The molecule has 0 aliphatic heterocycles. The number of furan rings is 1. The van der Waals surface area contributed by atoms with Crippen LogP contribution in [0.25, 0.3) is 44.7 Å². The number of carbonyl (C=O) groups is 1. The van der Waals surface area contributed by atoms with E-state index in [0.29, 0.717) is 0 Å². The number of aliphatic hydroxyl groups excluding tert-OH is 1. The Kier molecular flexibility index (Phi) is 10.0. The summed E-state index contributed by atoms with van der Waals surface area (Å²) in [5, 5.41) is 9.43. The van der Waals surface area contributed by atoms with Crippen molar-refractivity contribution in [1.29, 1.82) is 0 Å². The van der Waals surface area contributed by atoms with Gasteiger partial charge in [-0.25, -0.2) is 0 Å². The quantitative estimate of drug-likeness (QED) is 0.115. The molecule has 1 radical (unpaired) electrons. The Morgan fingerprint density at radius 3 is 2.05 bits per heavy atom. The number of ketones is 1. The van der Waals surface area contributed by atoms with Gasteiger partial charge in [0.15, 0.2) is 11.4 Å². The van der Waals surface area contributed by atoms with Gasteiger partial charge in [0, 0.05) is 42.7 Å². The maximum atomic E-state index is 10.0. The molecule has 5 rings (SSSR count). The average Bonchev–Trinajstić information content (AvgIpc) is 3.27. The van der Waals surface area contributed by atoms with Crippen molar-refractivity contribution in [2.45, 2.75) is 47.0 Å². The molecule has 2 aromatic heterocycles. The van der Waals surface area contributed by atoms with E-state index in [1.165, 1.54) is 25.5 Å². The van der Waals surface area contributed by atoms with Gasteiger partial charge < -0.3 is 14.5 Å². The van der Waals surface area contributed by atoms with E-state index in [4.69, 9.17) is 14.5 Å². The van der Waals surface area contributed by atoms with Crippen LogP contribution in [0, 0.1) is 13.0 Å². The second-order valence-electron chi connectivity index (χ2n) is 10.7. The maximum absolute atomic E-state index is 10.0. The Labute approximate surface area is 250 Å². The molecule has 0 unspecified atom stereocenters. The fourth-order valence-corrected chi connectivity index (χ4v) is 4.41. The summed E-state index contributed by atoms with van der Waals surface area (Å²) in [4.78, 5) is 14.8. The van der Waals surface area contributed by atoms with Crippen molar-refractivity contribution >= 4 is 16.8 Å². The standard InChI is InChI=1S/C30H26NO.C5H8O2.Ir/c1-20-15-23(17-24(16-20)30(2,3)4)26-18-25-27(19-31-26)32-29(22-13-9-6-10-14-22)28(25)21-11-7-5-8-12-21;1-4(6)3-5(2)7;/h5-14,16-19H,1-4H3;3,6H,1-2H3;/q-1;;/b;4-3-;. The summed E-state index contributed by atoms with van der Waals surface area (Å²) in [6.45, 7) is 11.6. The molecule has 0 saturated carbocycles. The maximum Gasteiger partial charge on any atom is 0.155 e. The number of aryl methyl sites for hydroxylation is 1. The van der Waals surface area contributed by atoms with Gasteiger partial charge in [-0.1, -0.05) is 94.4 Å². The summed E-state index contributed by atoms with van der Waals surface area (Å²) in [6, 6.07) is 30.8. The first-order valence-corrected chi connectivity index (χ1v) is 13.0. The molecule has 0 saturated heterocycles. The van der Waals surface area contributed by atoms with Crippen LogP contribution >= 0.6 is 0 Å². The third-order valence-electron chi connectivity index (χ3n) is 6.23. The van der Waals surface area contributed by atoms with Crippen molar-refractivity contribution in [2.24, 2.45) is 0 Å². The van der Waals surface area contributed by atoms with Gasteiger partial charge in [-0.3, -0.25) is 4.79 Å². The van der Waals surface area contributed by atoms with Crippen LogP contribution in [-0.4, -0.2) is 15.9 Å². The van der Waals surface area contributed by atoms with Crippen molar-refractivity contribution in [2.75, 3.05) is 0 Å². The van der Waals surface area contributed by atoms with Crippen LogP contribution < -0.4 is 0 Å². The number of aromatic nitrogens is 1. The predicted molar refractivity (Wildman–Crippen MR) is 160 cm³/mol. The average molecular weight is 709 g/mol. The van der Waals surface area contributed by atoms with Gasteiger partial charge in [0.05, 0.1) is 12.0 Å². The molecule has 0 aliphatic carbocycles. The molecule has 2 heterocycles. The number of aliphatic hydroxyl groups is 1. The summed E-state index contributed by atoms with van der Waals surface area (Å²) < 4.78 is 6.36. The zero-order valence-corrected chi connectivity index (χ0v) is 26.1. The smallest absolute Gasteiger partial charge is 0.155 e.